The van der Waals surface area contributed by atoms with Gasteiger partial charge in [-0.1, -0.05) is 0 Å². The fourth-order valence-corrected chi connectivity index (χ4v) is 5.65. The molecule has 2 fully saturated rings. The van der Waals surface area contributed by atoms with Crippen molar-refractivity contribution in [3.8, 4) is 0 Å². The predicted molar refractivity (Wildman–Crippen MR) is 151 cm³/mol. The van der Waals surface area contributed by atoms with Gasteiger partial charge in [-0.3, -0.25) is 4.79 Å². The van der Waals surface area contributed by atoms with Gasteiger partial charge in [0.1, 0.15) is 35.8 Å². The zero-order valence-electron chi connectivity index (χ0n) is 24.4. The van der Waals surface area contributed by atoms with Crippen LogP contribution in [0.2, 0.25) is 0 Å². The number of ether oxygens (including phenoxy) is 4. The van der Waals surface area contributed by atoms with Crippen molar-refractivity contribution >= 4 is 5.91 Å². The molecule has 10 atom stereocenters. The van der Waals surface area contributed by atoms with Crippen molar-refractivity contribution in [2.75, 3.05) is 39.8 Å². The van der Waals surface area contributed by atoms with Crippen molar-refractivity contribution < 1.29 is 39.1 Å². The second kappa shape index (κ2) is 16.4. The first-order valence-corrected chi connectivity index (χ1v) is 14.8. The van der Waals surface area contributed by atoms with Crippen molar-refractivity contribution in [2.45, 2.75) is 113 Å². The highest BCUT2D eigenvalue weighted by molar-refractivity contribution is 5.76. The first kappa shape index (κ1) is 34.1. The lowest BCUT2D eigenvalue weighted by Crippen LogP contribution is -2.69. The molecule has 41 heavy (non-hydrogen) atoms. The van der Waals surface area contributed by atoms with Crippen molar-refractivity contribution in [3.63, 3.8) is 0 Å². The number of amides is 1. The van der Waals surface area contributed by atoms with Gasteiger partial charge in [0.05, 0.1) is 25.2 Å². The molecule has 2 aliphatic heterocycles. The molecule has 1 amide bonds. The van der Waals surface area contributed by atoms with Gasteiger partial charge in [0.2, 0.25) is 5.91 Å². The Labute approximate surface area is 242 Å². The third-order valence-electron chi connectivity index (χ3n) is 7.88. The number of aliphatic hydroxyl groups is 3. The van der Waals surface area contributed by atoms with Crippen LogP contribution in [0.4, 0.5) is 0 Å². The quantitative estimate of drug-likeness (QED) is 0.0901. The Bertz CT molecular complexity index is 836. The highest BCUT2D eigenvalue weighted by Gasteiger charge is 2.51. The number of allylic oxidation sites excluding steroid dienone is 1. The standard InChI is InChI=1S/C27H52N6O8/c1-27(37)15-38-26(22(36)25(27)31-2)41-24-18(33-19(34)8-6-11-29)13-17(30)23(21(24)35)40-20-9-5-7-16(39-20)14-32-12-4-3-10-28/h7,17-18,20-26,31-32,35-37H,3-6,8-15,28-30H2,1-2H3,(H,33,34)/t17-,18+,20+,21-,22+,23+,24-,25+,26+,27-/m0/s1. The largest absolute Gasteiger partial charge is 0.468 e. The van der Waals surface area contributed by atoms with E-state index in [4.69, 9.17) is 36.1 Å². The van der Waals surface area contributed by atoms with Crippen LogP contribution < -0.4 is 33.2 Å². The summed E-state index contributed by atoms with van der Waals surface area (Å²) in [6.07, 6.45) is -0.00788. The average Bonchev–Trinajstić information content (AvgIpc) is 2.93. The highest BCUT2D eigenvalue weighted by atomic mass is 16.7. The summed E-state index contributed by atoms with van der Waals surface area (Å²) < 4.78 is 24.1. The summed E-state index contributed by atoms with van der Waals surface area (Å²) in [5.74, 6) is 0.507. The zero-order chi connectivity index (χ0) is 30.0. The predicted octanol–water partition coefficient (Wildman–Crippen LogP) is -2.52. The molecular formula is C27H52N6O8. The Balaban J connectivity index is 1.69. The molecule has 1 aliphatic carbocycles. The maximum Gasteiger partial charge on any atom is 0.220 e. The number of nitrogens with two attached hydrogens (primary N) is 3. The van der Waals surface area contributed by atoms with E-state index in [0.717, 1.165) is 31.6 Å². The summed E-state index contributed by atoms with van der Waals surface area (Å²) in [6, 6.07) is -2.07. The Morgan fingerprint density at radius 3 is 2.61 bits per heavy atom. The number of carbonyl (C=O) groups is 1. The number of aliphatic hydroxyl groups excluding tert-OH is 2. The van der Waals surface area contributed by atoms with Crippen LogP contribution in [-0.2, 0) is 23.7 Å². The molecule has 0 aromatic carbocycles. The van der Waals surface area contributed by atoms with E-state index in [-0.39, 0.29) is 25.4 Å². The van der Waals surface area contributed by atoms with E-state index in [1.165, 1.54) is 0 Å². The van der Waals surface area contributed by atoms with Crippen LogP contribution >= 0.6 is 0 Å². The molecule has 0 spiro atoms. The van der Waals surface area contributed by atoms with Gasteiger partial charge in [-0.05, 0) is 71.8 Å². The molecule has 0 bridgehead atoms. The molecule has 2 heterocycles. The summed E-state index contributed by atoms with van der Waals surface area (Å²) in [5.41, 5.74) is 16.3. The Morgan fingerprint density at radius 1 is 1.15 bits per heavy atom. The molecular weight excluding hydrogens is 536 g/mol. The topological polar surface area (TPSA) is 229 Å². The van der Waals surface area contributed by atoms with Gasteiger partial charge in [-0.25, -0.2) is 0 Å². The minimum atomic E-state index is -1.34. The van der Waals surface area contributed by atoms with E-state index in [1.807, 2.05) is 6.08 Å². The Morgan fingerprint density at radius 2 is 1.90 bits per heavy atom. The fourth-order valence-electron chi connectivity index (χ4n) is 5.65. The summed E-state index contributed by atoms with van der Waals surface area (Å²) in [5, 5.41) is 42.2. The van der Waals surface area contributed by atoms with Gasteiger partial charge in [0, 0.05) is 18.9 Å². The third kappa shape index (κ3) is 9.53. The van der Waals surface area contributed by atoms with Gasteiger partial charge in [0.15, 0.2) is 12.6 Å². The maximum absolute atomic E-state index is 12.6. The average molecular weight is 589 g/mol. The van der Waals surface area contributed by atoms with E-state index in [2.05, 4.69) is 16.0 Å². The molecule has 12 N–H and O–H groups in total. The molecule has 0 radical (unpaired) electrons. The molecule has 14 nitrogen and oxygen atoms in total. The van der Waals surface area contributed by atoms with Gasteiger partial charge < -0.3 is 67.4 Å². The number of carbonyl (C=O) groups excluding carboxylic acids is 1. The second-order valence-electron chi connectivity index (χ2n) is 11.4. The van der Waals surface area contributed by atoms with Gasteiger partial charge in [-0.2, -0.15) is 0 Å². The van der Waals surface area contributed by atoms with E-state index < -0.39 is 60.7 Å². The zero-order valence-corrected chi connectivity index (χ0v) is 24.4. The molecule has 3 rings (SSSR count). The number of hydrogen-bond acceptors (Lipinski definition) is 13. The lowest BCUT2D eigenvalue weighted by atomic mass is 9.83. The van der Waals surface area contributed by atoms with Crippen LogP contribution in [-0.4, -0.2) is 122 Å². The number of hydrogen-bond donors (Lipinski definition) is 9. The van der Waals surface area contributed by atoms with E-state index in [9.17, 15) is 20.1 Å². The molecule has 0 aromatic rings. The van der Waals surface area contributed by atoms with Crippen LogP contribution in [0.1, 0.15) is 51.9 Å². The van der Waals surface area contributed by atoms with E-state index in [0.29, 0.717) is 32.5 Å². The number of rotatable bonds is 15. The highest BCUT2D eigenvalue weighted by Crippen LogP contribution is 2.32. The summed E-state index contributed by atoms with van der Waals surface area (Å²) in [7, 11) is 1.62. The molecule has 3 aliphatic rings. The SMILES string of the molecule is CN[C@@H]1[C@@H](O)[C@@H](O[C@@H]2[C@@H](O)[C@H](O[C@@H]3CCC=C(CNCCCCN)O3)[C@@H](N)C[C@H]2NC(=O)CCCN)OC[C@]1(C)O. The lowest BCUT2D eigenvalue weighted by Gasteiger charge is -2.48. The minimum absolute atomic E-state index is 0.110. The number of nitrogens with one attached hydrogen (secondary N) is 3. The van der Waals surface area contributed by atoms with Crippen LogP contribution in [0.5, 0.6) is 0 Å². The lowest BCUT2D eigenvalue weighted by molar-refractivity contribution is -0.303. The van der Waals surface area contributed by atoms with Gasteiger partial charge in [0.25, 0.3) is 0 Å². The molecule has 0 unspecified atom stereocenters. The van der Waals surface area contributed by atoms with Crippen LogP contribution in [0, 0.1) is 0 Å². The van der Waals surface area contributed by atoms with Crippen molar-refractivity contribution in [1.29, 1.82) is 0 Å². The van der Waals surface area contributed by atoms with Crippen molar-refractivity contribution in [1.82, 2.24) is 16.0 Å². The summed E-state index contributed by atoms with van der Waals surface area (Å²) in [6.45, 7) is 3.85. The molecule has 14 heteroatoms. The first-order valence-electron chi connectivity index (χ1n) is 14.8. The third-order valence-corrected chi connectivity index (χ3v) is 7.88. The van der Waals surface area contributed by atoms with E-state index in [1.54, 1.807) is 14.0 Å². The van der Waals surface area contributed by atoms with Crippen molar-refractivity contribution in [2.24, 2.45) is 17.2 Å². The second-order valence-corrected chi connectivity index (χ2v) is 11.4. The maximum atomic E-state index is 12.6. The van der Waals surface area contributed by atoms with Crippen LogP contribution in [0.25, 0.3) is 0 Å². The summed E-state index contributed by atoms with van der Waals surface area (Å²) in [4.78, 5) is 12.6. The van der Waals surface area contributed by atoms with Gasteiger partial charge >= 0.3 is 0 Å². The molecule has 0 aromatic heterocycles. The van der Waals surface area contributed by atoms with Crippen LogP contribution in [0.3, 0.4) is 0 Å². The van der Waals surface area contributed by atoms with E-state index >= 15 is 0 Å². The first-order chi connectivity index (χ1) is 19.6. The minimum Gasteiger partial charge on any atom is -0.468 e. The van der Waals surface area contributed by atoms with Crippen LogP contribution in [0.15, 0.2) is 11.8 Å². The summed E-state index contributed by atoms with van der Waals surface area (Å²) >= 11 is 0. The monoisotopic (exact) mass is 588 g/mol. The smallest absolute Gasteiger partial charge is 0.220 e. The number of likely N-dealkylation sites (N-methyl/N-ethyl adjacent to an activating group) is 1. The van der Waals surface area contributed by atoms with Gasteiger partial charge in [-0.15, -0.1) is 0 Å². The van der Waals surface area contributed by atoms with Crippen molar-refractivity contribution in [3.05, 3.63) is 11.8 Å². The molecule has 1 saturated carbocycles. The molecule has 238 valence electrons. The Hall–Kier alpha value is -1.43. The molecule has 1 saturated heterocycles. The Kier molecular flexibility index (Phi) is 13.6. The number of unbranched alkanes of at least 4 members (excludes halogenated alkanes) is 1. The fraction of sp³-hybridized carbons (Fsp3) is 0.889. The normalized spacial score (nSPS) is 37.8.